The lowest BCUT2D eigenvalue weighted by atomic mass is 10.1. The topological polar surface area (TPSA) is 0 Å². The van der Waals surface area contributed by atoms with Gasteiger partial charge in [0.2, 0.25) is 0 Å². The fourth-order valence-electron chi connectivity index (χ4n) is 0.263. The number of rotatable bonds is 2. The van der Waals surface area contributed by atoms with E-state index in [9.17, 15) is 0 Å². The highest BCUT2D eigenvalue weighted by atomic mass is 13.6. The summed E-state index contributed by atoms with van der Waals surface area (Å²) < 4.78 is 0. The van der Waals surface area contributed by atoms with Crippen LogP contribution in [0.5, 0.6) is 0 Å². The second-order valence-electron chi connectivity index (χ2n) is 1.12. The van der Waals surface area contributed by atoms with Crippen molar-refractivity contribution < 1.29 is 0 Å². The Bertz CT molecular complexity index is 33.2. The molecule has 0 saturated carbocycles. The molecule has 0 aromatic heterocycles. The van der Waals surface area contributed by atoms with Gasteiger partial charge in [0.05, 0.1) is 7.85 Å². The molecule has 0 aliphatic carbocycles. The van der Waals surface area contributed by atoms with Gasteiger partial charge in [0.25, 0.3) is 0 Å². The molecule has 0 spiro atoms. The highest BCUT2D eigenvalue weighted by Gasteiger charge is 1.60. The van der Waals surface area contributed by atoms with Crippen molar-refractivity contribution >= 4 is 7.85 Å². The molecule has 0 amide bonds. The first-order valence-electron chi connectivity index (χ1n) is 2.27. The van der Waals surface area contributed by atoms with E-state index >= 15 is 0 Å². The van der Waals surface area contributed by atoms with Crippen LogP contribution in [0.2, 0.25) is 6.32 Å². The highest BCUT2D eigenvalue weighted by Crippen LogP contribution is 1.79. The fourth-order valence-corrected chi connectivity index (χ4v) is 0.263. The van der Waals surface area contributed by atoms with Crippen LogP contribution in [0.15, 0.2) is 12.2 Å². The third-order valence-corrected chi connectivity index (χ3v) is 0.538. The van der Waals surface area contributed by atoms with Gasteiger partial charge in [-0.3, -0.25) is 0 Å². The maximum Gasteiger partial charge on any atom is 0.0708 e. The number of hydrogen-bond acceptors (Lipinski definition) is 0. The molecule has 32 valence electrons. The zero-order valence-corrected chi connectivity index (χ0v) is 4.15. The summed E-state index contributed by atoms with van der Waals surface area (Å²) in [6, 6.07) is 0. The van der Waals surface area contributed by atoms with E-state index in [2.05, 4.69) is 13.0 Å². The molecule has 0 N–H and O–H groups in total. The molecule has 1 heteroatoms. The molecule has 0 atom stereocenters. The van der Waals surface area contributed by atoms with Crippen molar-refractivity contribution in [2.45, 2.75) is 19.7 Å². The summed E-state index contributed by atoms with van der Waals surface area (Å²) in [5.74, 6) is 0. The average Bonchev–Trinajstić information content (AvgIpc) is 1.61. The fraction of sp³-hybridized carbons (Fsp3) is 0.600. The third kappa shape index (κ3) is 3.80. The Morgan fingerprint density at radius 1 is 1.50 bits per heavy atom. The van der Waals surface area contributed by atoms with Crippen LogP contribution >= 0.6 is 0 Å². The standard InChI is InChI=1S/C5H9B/c1-2-3-4-5-6/h3-4H,2,5H2,1H3/b4-3-. The molecule has 0 fully saturated rings. The van der Waals surface area contributed by atoms with Crippen LogP contribution < -0.4 is 0 Å². The van der Waals surface area contributed by atoms with E-state index in [1.165, 1.54) is 0 Å². The number of allylic oxidation sites excluding steroid dienone is 2. The molecular weight excluding hydrogens is 70.9 g/mol. The highest BCUT2D eigenvalue weighted by molar-refractivity contribution is 6.09. The molecular formula is C5H9B. The largest absolute Gasteiger partial charge is 0.0971 e. The Morgan fingerprint density at radius 3 is 2.33 bits per heavy atom. The van der Waals surface area contributed by atoms with Crippen LogP contribution in [0.4, 0.5) is 0 Å². The zero-order chi connectivity index (χ0) is 4.83. The molecule has 0 rings (SSSR count). The van der Waals surface area contributed by atoms with E-state index in [1.54, 1.807) is 0 Å². The first-order valence-corrected chi connectivity index (χ1v) is 2.27. The lowest BCUT2D eigenvalue weighted by Gasteiger charge is -1.72. The van der Waals surface area contributed by atoms with Gasteiger partial charge in [-0.25, -0.2) is 0 Å². The lowest BCUT2D eigenvalue weighted by Crippen LogP contribution is -1.55. The van der Waals surface area contributed by atoms with E-state index in [-0.39, 0.29) is 0 Å². The van der Waals surface area contributed by atoms with Gasteiger partial charge >= 0.3 is 0 Å². The number of hydrogen-bond donors (Lipinski definition) is 0. The Kier molecular flexibility index (Phi) is 4.65. The van der Waals surface area contributed by atoms with E-state index in [0.717, 1.165) is 6.42 Å². The normalized spacial score (nSPS) is 10.2. The first-order chi connectivity index (χ1) is 2.91. The molecule has 0 nitrogen and oxygen atoms in total. The van der Waals surface area contributed by atoms with Gasteiger partial charge in [-0.15, -0.1) is 0 Å². The Labute approximate surface area is 40.7 Å². The van der Waals surface area contributed by atoms with Crippen molar-refractivity contribution in [2.75, 3.05) is 0 Å². The van der Waals surface area contributed by atoms with E-state index in [0.29, 0.717) is 6.32 Å². The third-order valence-electron chi connectivity index (χ3n) is 0.538. The van der Waals surface area contributed by atoms with Gasteiger partial charge in [0.15, 0.2) is 0 Å². The van der Waals surface area contributed by atoms with Crippen LogP contribution in [0.3, 0.4) is 0 Å². The quantitative estimate of drug-likeness (QED) is 0.348. The van der Waals surface area contributed by atoms with Crippen molar-refractivity contribution in [2.24, 2.45) is 0 Å². The SMILES string of the molecule is [B]C/C=C\CC. The molecule has 6 heavy (non-hydrogen) atoms. The minimum atomic E-state index is 0.674. The average molecular weight is 79.9 g/mol. The second kappa shape index (κ2) is 4.80. The summed E-state index contributed by atoms with van der Waals surface area (Å²) in [5.41, 5.74) is 0. The van der Waals surface area contributed by atoms with Crippen molar-refractivity contribution in [1.29, 1.82) is 0 Å². The van der Waals surface area contributed by atoms with Gasteiger partial charge in [-0.1, -0.05) is 25.4 Å². The summed E-state index contributed by atoms with van der Waals surface area (Å²) in [7, 11) is 5.13. The molecule has 0 aromatic carbocycles. The van der Waals surface area contributed by atoms with Crippen molar-refractivity contribution in [1.82, 2.24) is 0 Å². The van der Waals surface area contributed by atoms with Crippen molar-refractivity contribution in [3.63, 3.8) is 0 Å². The summed E-state index contributed by atoms with van der Waals surface area (Å²) >= 11 is 0. The summed E-state index contributed by atoms with van der Waals surface area (Å²) in [4.78, 5) is 0. The van der Waals surface area contributed by atoms with Gasteiger partial charge in [0.1, 0.15) is 0 Å². The summed E-state index contributed by atoms with van der Waals surface area (Å²) in [6.07, 6.45) is 5.78. The molecule has 0 unspecified atom stereocenters. The van der Waals surface area contributed by atoms with E-state index in [4.69, 9.17) is 7.85 Å². The van der Waals surface area contributed by atoms with Crippen LogP contribution in [-0.2, 0) is 0 Å². The molecule has 0 heterocycles. The van der Waals surface area contributed by atoms with Gasteiger partial charge in [-0.05, 0) is 6.42 Å². The summed E-state index contributed by atoms with van der Waals surface area (Å²) in [6.45, 7) is 2.09. The Balaban J connectivity index is 2.73. The Morgan fingerprint density at radius 2 is 2.17 bits per heavy atom. The van der Waals surface area contributed by atoms with E-state index in [1.807, 2.05) is 6.08 Å². The maximum absolute atomic E-state index is 5.13. The minimum Gasteiger partial charge on any atom is -0.0971 e. The molecule has 0 saturated heterocycles. The minimum absolute atomic E-state index is 0.674. The van der Waals surface area contributed by atoms with E-state index < -0.39 is 0 Å². The second-order valence-corrected chi connectivity index (χ2v) is 1.12. The van der Waals surface area contributed by atoms with Crippen molar-refractivity contribution in [3.8, 4) is 0 Å². The van der Waals surface area contributed by atoms with Gasteiger partial charge < -0.3 is 0 Å². The van der Waals surface area contributed by atoms with Crippen LogP contribution in [0, 0.1) is 0 Å². The summed E-state index contributed by atoms with van der Waals surface area (Å²) in [5, 5.41) is 0. The molecule has 0 aromatic rings. The smallest absolute Gasteiger partial charge is 0.0708 e. The van der Waals surface area contributed by atoms with Crippen LogP contribution in [-0.4, -0.2) is 7.85 Å². The molecule has 2 radical (unpaired) electrons. The van der Waals surface area contributed by atoms with Gasteiger partial charge in [-0.2, -0.15) is 0 Å². The Hall–Kier alpha value is -0.195. The zero-order valence-electron chi connectivity index (χ0n) is 4.15. The molecule has 0 aliphatic heterocycles. The molecule has 0 aliphatic rings. The predicted molar refractivity (Wildman–Crippen MR) is 30.0 cm³/mol. The van der Waals surface area contributed by atoms with Gasteiger partial charge in [0, 0.05) is 0 Å². The maximum atomic E-state index is 5.13. The van der Waals surface area contributed by atoms with Crippen LogP contribution in [0.1, 0.15) is 13.3 Å². The molecule has 0 bridgehead atoms. The predicted octanol–water partition coefficient (Wildman–Crippen LogP) is 1.54. The van der Waals surface area contributed by atoms with Crippen molar-refractivity contribution in [3.05, 3.63) is 12.2 Å². The van der Waals surface area contributed by atoms with Crippen LogP contribution in [0.25, 0.3) is 0 Å². The lowest BCUT2D eigenvalue weighted by molar-refractivity contribution is 1.22. The first kappa shape index (κ1) is 5.80. The monoisotopic (exact) mass is 80.1 g/mol.